The molecule has 27 heavy (non-hydrogen) atoms. The molecule has 4 rings (SSSR count). The first kappa shape index (κ1) is 18.7. The van der Waals surface area contributed by atoms with Crippen molar-refractivity contribution in [2.24, 2.45) is 5.92 Å². The number of hydrogen-bond donors (Lipinski definition) is 0. The van der Waals surface area contributed by atoms with Crippen molar-refractivity contribution in [1.82, 2.24) is 14.5 Å². The Morgan fingerprint density at radius 3 is 2.81 bits per heavy atom. The Kier molecular flexibility index (Phi) is 5.41. The molecule has 1 aromatic heterocycles. The van der Waals surface area contributed by atoms with Crippen LogP contribution in [0, 0.1) is 9.49 Å². The predicted molar refractivity (Wildman–Crippen MR) is 117 cm³/mol. The highest BCUT2D eigenvalue weighted by molar-refractivity contribution is 14.1. The number of carbonyl (C=O) groups is 1. The Morgan fingerprint density at radius 1 is 1.30 bits per heavy atom. The second-order valence-electron chi connectivity index (χ2n) is 7.04. The normalized spacial score (nSPS) is 13.9. The molecule has 0 aliphatic heterocycles. The Labute approximate surface area is 177 Å². The van der Waals surface area contributed by atoms with Gasteiger partial charge >= 0.3 is 0 Å². The molecule has 1 aliphatic rings. The third kappa shape index (κ3) is 4.14. The summed E-state index contributed by atoms with van der Waals surface area (Å²) in [6.07, 6.45) is 2.52. The highest BCUT2D eigenvalue weighted by atomic mass is 127. The maximum atomic E-state index is 13.0. The third-order valence-corrected chi connectivity index (χ3v) is 5.91. The summed E-state index contributed by atoms with van der Waals surface area (Å²) in [7, 11) is 0. The van der Waals surface area contributed by atoms with Gasteiger partial charge in [-0.05, 0) is 84.7 Å². The Hall–Kier alpha value is -1.60. The lowest BCUT2D eigenvalue weighted by atomic mass is 10.2. The topological polar surface area (TPSA) is 38.1 Å². The molecule has 2 aromatic carbocycles. The second-order valence-corrected chi connectivity index (χ2v) is 8.73. The Morgan fingerprint density at radius 2 is 2.11 bits per heavy atom. The number of aromatic nitrogens is 2. The van der Waals surface area contributed by atoms with Crippen molar-refractivity contribution < 1.29 is 4.79 Å². The molecule has 4 nitrogen and oxygen atoms in total. The van der Waals surface area contributed by atoms with Gasteiger partial charge in [-0.25, -0.2) is 4.98 Å². The van der Waals surface area contributed by atoms with Gasteiger partial charge in [0.2, 0.25) is 0 Å². The smallest absolute Gasteiger partial charge is 0.254 e. The van der Waals surface area contributed by atoms with Crippen LogP contribution in [0.25, 0.3) is 11.0 Å². The molecular weight excluding hydrogens is 473 g/mol. The van der Waals surface area contributed by atoms with Crippen molar-refractivity contribution in [3.05, 3.63) is 62.4 Å². The van der Waals surface area contributed by atoms with E-state index >= 15 is 0 Å². The molecule has 1 aliphatic carbocycles. The SMILES string of the molecule is CCN(Cc1nc2ccc(Cl)cc2n1CC1CC1)C(=O)c1cccc(I)c1. The minimum absolute atomic E-state index is 0.0408. The fraction of sp³-hybridized carbons (Fsp3) is 0.333. The number of carbonyl (C=O) groups excluding carboxylic acids is 1. The number of nitrogens with zero attached hydrogens (tertiary/aromatic N) is 3. The molecule has 6 heteroatoms. The lowest BCUT2D eigenvalue weighted by Crippen LogP contribution is -2.31. The highest BCUT2D eigenvalue weighted by Crippen LogP contribution is 2.33. The summed E-state index contributed by atoms with van der Waals surface area (Å²) in [6.45, 7) is 4.09. The summed E-state index contributed by atoms with van der Waals surface area (Å²) in [6, 6.07) is 13.5. The average molecular weight is 494 g/mol. The summed E-state index contributed by atoms with van der Waals surface area (Å²) in [5.74, 6) is 1.68. The molecule has 0 radical (unpaired) electrons. The number of rotatable bonds is 6. The molecule has 1 saturated carbocycles. The first-order chi connectivity index (χ1) is 13.0. The summed E-state index contributed by atoms with van der Waals surface area (Å²) < 4.78 is 3.31. The molecule has 0 N–H and O–H groups in total. The number of fused-ring (bicyclic) bond motifs is 1. The molecule has 0 bridgehead atoms. The maximum Gasteiger partial charge on any atom is 0.254 e. The van der Waals surface area contributed by atoms with Gasteiger partial charge in [-0.1, -0.05) is 17.7 Å². The van der Waals surface area contributed by atoms with E-state index in [1.807, 2.05) is 54.3 Å². The summed E-state index contributed by atoms with van der Waals surface area (Å²) in [5, 5.41) is 0.716. The van der Waals surface area contributed by atoms with Crippen LogP contribution in [0.2, 0.25) is 5.02 Å². The van der Waals surface area contributed by atoms with E-state index in [1.54, 1.807) is 0 Å². The van der Waals surface area contributed by atoms with Gasteiger partial charge in [-0.2, -0.15) is 0 Å². The fourth-order valence-electron chi connectivity index (χ4n) is 3.33. The minimum atomic E-state index is 0.0408. The fourth-order valence-corrected chi connectivity index (χ4v) is 4.04. The molecule has 1 heterocycles. The van der Waals surface area contributed by atoms with E-state index in [0.717, 1.165) is 32.5 Å². The van der Waals surface area contributed by atoms with Gasteiger partial charge in [0.25, 0.3) is 5.91 Å². The molecule has 1 amide bonds. The van der Waals surface area contributed by atoms with Crippen LogP contribution in [0.5, 0.6) is 0 Å². The third-order valence-electron chi connectivity index (χ3n) is 5.00. The average Bonchev–Trinajstić information content (AvgIpc) is 3.42. The number of halogens is 2. The second kappa shape index (κ2) is 7.80. The molecule has 0 unspecified atom stereocenters. The van der Waals surface area contributed by atoms with E-state index in [0.29, 0.717) is 24.0 Å². The number of benzene rings is 2. The van der Waals surface area contributed by atoms with Gasteiger partial charge in [-0.15, -0.1) is 0 Å². The lowest BCUT2D eigenvalue weighted by Gasteiger charge is -2.21. The summed E-state index contributed by atoms with van der Waals surface area (Å²) in [5.41, 5.74) is 2.71. The maximum absolute atomic E-state index is 13.0. The zero-order valence-corrected chi connectivity index (χ0v) is 18.1. The summed E-state index contributed by atoms with van der Waals surface area (Å²) in [4.78, 5) is 19.7. The molecule has 3 aromatic rings. The van der Waals surface area contributed by atoms with Crippen molar-refractivity contribution in [2.45, 2.75) is 32.9 Å². The molecule has 1 fully saturated rings. The first-order valence-electron chi connectivity index (χ1n) is 9.24. The minimum Gasteiger partial charge on any atom is -0.331 e. The largest absolute Gasteiger partial charge is 0.331 e. The van der Waals surface area contributed by atoms with E-state index in [-0.39, 0.29) is 5.91 Å². The van der Waals surface area contributed by atoms with Crippen molar-refractivity contribution in [3.8, 4) is 0 Å². The van der Waals surface area contributed by atoms with Gasteiger partial charge < -0.3 is 9.47 Å². The van der Waals surface area contributed by atoms with Crippen LogP contribution in [0.1, 0.15) is 35.9 Å². The van der Waals surface area contributed by atoms with Gasteiger partial charge in [0, 0.05) is 27.2 Å². The van der Waals surface area contributed by atoms with Gasteiger partial charge in [0.1, 0.15) is 5.82 Å². The lowest BCUT2D eigenvalue weighted by molar-refractivity contribution is 0.0746. The standard InChI is InChI=1S/C21H21ClIN3O/c1-2-25(21(27)15-4-3-5-17(23)10-15)13-20-24-18-9-8-16(22)11-19(18)26(20)12-14-6-7-14/h3-5,8-11,14H,2,6-7,12-13H2,1H3. The first-order valence-corrected chi connectivity index (χ1v) is 10.7. The molecule has 0 atom stereocenters. The molecule has 0 saturated heterocycles. The Balaban J connectivity index is 1.67. The van der Waals surface area contributed by atoms with E-state index < -0.39 is 0 Å². The van der Waals surface area contributed by atoms with Gasteiger partial charge in [0.15, 0.2) is 0 Å². The van der Waals surface area contributed by atoms with Crippen molar-refractivity contribution in [1.29, 1.82) is 0 Å². The zero-order valence-electron chi connectivity index (χ0n) is 15.2. The number of hydrogen-bond acceptors (Lipinski definition) is 2. The number of imidazole rings is 1. The van der Waals surface area contributed by atoms with Crippen molar-refractivity contribution in [2.75, 3.05) is 6.54 Å². The van der Waals surface area contributed by atoms with Gasteiger partial charge in [0.05, 0.1) is 17.6 Å². The van der Waals surface area contributed by atoms with Crippen molar-refractivity contribution in [3.63, 3.8) is 0 Å². The summed E-state index contributed by atoms with van der Waals surface area (Å²) >= 11 is 8.46. The predicted octanol–water partition coefficient (Wildman–Crippen LogP) is 5.37. The number of amides is 1. The molecular formula is C21H21ClIN3O. The van der Waals surface area contributed by atoms with E-state index in [2.05, 4.69) is 27.2 Å². The van der Waals surface area contributed by atoms with Crippen LogP contribution in [-0.4, -0.2) is 26.9 Å². The molecule has 0 spiro atoms. The van der Waals surface area contributed by atoms with Crippen LogP contribution in [-0.2, 0) is 13.1 Å². The highest BCUT2D eigenvalue weighted by Gasteiger charge is 2.25. The van der Waals surface area contributed by atoms with Crippen LogP contribution in [0.4, 0.5) is 0 Å². The molecule has 140 valence electrons. The van der Waals surface area contributed by atoms with Crippen molar-refractivity contribution >= 4 is 51.1 Å². The van der Waals surface area contributed by atoms with Crippen LogP contribution < -0.4 is 0 Å². The monoisotopic (exact) mass is 493 g/mol. The quantitative estimate of drug-likeness (QED) is 0.433. The van der Waals surface area contributed by atoms with Crippen LogP contribution >= 0.6 is 34.2 Å². The van der Waals surface area contributed by atoms with Crippen LogP contribution in [0.15, 0.2) is 42.5 Å². The van der Waals surface area contributed by atoms with Crippen LogP contribution in [0.3, 0.4) is 0 Å². The zero-order chi connectivity index (χ0) is 19.0. The Bertz CT molecular complexity index is 996. The van der Waals surface area contributed by atoms with E-state index in [1.165, 1.54) is 12.8 Å². The van der Waals surface area contributed by atoms with E-state index in [4.69, 9.17) is 16.6 Å². The van der Waals surface area contributed by atoms with E-state index in [9.17, 15) is 4.79 Å². The van der Waals surface area contributed by atoms with Gasteiger partial charge in [-0.3, -0.25) is 4.79 Å².